The molecule has 1 aromatic carbocycles. The fraction of sp³-hybridized carbons (Fsp3) is 0.455. The van der Waals surface area contributed by atoms with Crippen LogP contribution >= 0.6 is 0 Å². The van der Waals surface area contributed by atoms with Gasteiger partial charge in [-0.25, -0.2) is 4.98 Å². The third kappa shape index (κ3) is 6.35. The van der Waals surface area contributed by atoms with Crippen LogP contribution < -0.4 is 15.0 Å². The molecule has 1 aromatic heterocycles. The molecule has 2 aromatic rings. The van der Waals surface area contributed by atoms with E-state index in [4.69, 9.17) is 4.74 Å². The second-order valence-electron chi connectivity index (χ2n) is 7.36. The topological polar surface area (TPSA) is 56.2 Å². The van der Waals surface area contributed by atoms with Crippen LogP contribution in [0.4, 0.5) is 5.82 Å². The SMILES string of the molecule is CN=C(NCc1cccc(OCCN(C)C)c1)N1CCN(c2ccccn2)CC1. The van der Waals surface area contributed by atoms with Gasteiger partial charge in [0.15, 0.2) is 5.96 Å². The van der Waals surface area contributed by atoms with Crippen molar-refractivity contribution in [2.75, 3.05) is 65.4 Å². The molecule has 1 N–H and O–H groups in total. The van der Waals surface area contributed by atoms with E-state index in [1.807, 2.05) is 51.6 Å². The van der Waals surface area contributed by atoms with E-state index in [1.54, 1.807) is 0 Å². The van der Waals surface area contributed by atoms with E-state index in [0.717, 1.165) is 56.8 Å². The van der Waals surface area contributed by atoms with Crippen molar-refractivity contribution >= 4 is 11.8 Å². The van der Waals surface area contributed by atoms with Crippen molar-refractivity contribution in [3.05, 3.63) is 54.2 Å². The molecule has 0 saturated carbocycles. The summed E-state index contributed by atoms with van der Waals surface area (Å²) in [6.45, 7) is 6.03. The molecule has 0 amide bonds. The van der Waals surface area contributed by atoms with Gasteiger partial charge in [-0.2, -0.15) is 0 Å². The molecule has 1 saturated heterocycles. The third-order valence-electron chi connectivity index (χ3n) is 4.92. The highest BCUT2D eigenvalue weighted by molar-refractivity contribution is 5.80. The Morgan fingerprint density at radius 1 is 1.14 bits per heavy atom. The van der Waals surface area contributed by atoms with Crippen molar-refractivity contribution in [2.24, 2.45) is 4.99 Å². The van der Waals surface area contributed by atoms with Gasteiger partial charge in [-0.3, -0.25) is 4.99 Å². The van der Waals surface area contributed by atoms with Crippen molar-refractivity contribution in [2.45, 2.75) is 6.54 Å². The zero-order valence-electron chi connectivity index (χ0n) is 17.7. The standard InChI is InChI=1S/C22H32N6O/c1-23-22(28-13-11-27(12-14-28)21-9-4-5-10-24-21)25-18-19-7-6-8-20(17-19)29-16-15-26(2)3/h4-10,17H,11-16,18H2,1-3H3,(H,23,25). The van der Waals surface area contributed by atoms with Gasteiger partial charge in [0.2, 0.25) is 0 Å². The van der Waals surface area contributed by atoms with E-state index >= 15 is 0 Å². The summed E-state index contributed by atoms with van der Waals surface area (Å²) in [4.78, 5) is 15.7. The predicted octanol–water partition coefficient (Wildman–Crippen LogP) is 1.92. The van der Waals surface area contributed by atoms with Gasteiger partial charge in [-0.15, -0.1) is 0 Å². The van der Waals surface area contributed by atoms with Gasteiger partial charge in [-0.05, 0) is 43.9 Å². The fourth-order valence-corrected chi connectivity index (χ4v) is 3.29. The summed E-state index contributed by atoms with van der Waals surface area (Å²) in [6.07, 6.45) is 1.85. The second kappa shape index (κ2) is 10.7. The van der Waals surface area contributed by atoms with E-state index in [9.17, 15) is 0 Å². The van der Waals surface area contributed by atoms with Gasteiger partial charge in [-0.1, -0.05) is 18.2 Å². The predicted molar refractivity (Wildman–Crippen MR) is 119 cm³/mol. The molecular formula is C22H32N6O. The van der Waals surface area contributed by atoms with E-state index < -0.39 is 0 Å². The number of guanidine groups is 1. The molecule has 0 aliphatic carbocycles. The Hall–Kier alpha value is -2.80. The molecule has 3 rings (SSSR count). The van der Waals surface area contributed by atoms with Gasteiger partial charge in [0.1, 0.15) is 18.2 Å². The number of nitrogens with one attached hydrogen (secondary N) is 1. The Bertz CT molecular complexity index is 772. The number of aromatic nitrogens is 1. The highest BCUT2D eigenvalue weighted by Gasteiger charge is 2.20. The van der Waals surface area contributed by atoms with Crippen LogP contribution in [-0.2, 0) is 6.54 Å². The lowest BCUT2D eigenvalue weighted by molar-refractivity contribution is 0.261. The molecule has 1 aliphatic rings. The average Bonchev–Trinajstić information content (AvgIpc) is 2.75. The van der Waals surface area contributed by atoms with Crippen LogP contribution in [0.5, 0.6) is 5.75 Å². The summed E-state index contributed by atoms with van der Waals surface area (Å²) in [7, 11) is 5.94. The lowest BCUT2D eigenvalue weighted by Crippen LogP contribution is -2.52. The van der Waals surface area contributed by atoms with E-state index in [1.165, 1.54) is 5.56 Å². The lowest BCUT2D eigenvalue weighted by Gasteiger charge is -2.37. The number of anilines is 1. The van der Waals surface area contributed by atoms with Crippen molar-refractivity contribution in [1.29, 1.82) is 0 Å². The van der Waals surface area contributed by atoms with E-state index in [0.29, 0.717) is 6.61 Å². The number of hydrogen-bond acceptors (Lipinski definition) is 5. The van der Waals surface area contributed by atoms with Gasteiger partial charge in [0.25, 0.3) is 0 Å². The summed E-state index contributed by atoms with van der Waals surface area (Å²) in [6, 6.07) is 14.3. The monoisotopic (exact) mass is 396 g/mol. The van der Waals surface area contributed by atoms with Crippen LogP contribution in [0.2, 0.25) is 0 Å². The first-order chi connectivity index (χ1) is 14.2. The molecule has 0 radical (unpaired) electrons. The number of hydrogen-bond donors (Lipinski definition) is 1. The summed E-state index contributed by atoms with van der Waals surface area (Å²) < 4.78 is 5.84. The number of nitrogens with zero attached hydrogens (tertiary/aromatic N) is 5. The summed E-state index contributed by atoms with van der Waals surface area (Å²) >= 11 is 0. The zero-order valence-corrected chi connectivity index (χ0v) is 17.7. The third-order valence-corrected chi connectivity index (χ3v) is 4.92. The number of aliphatic imine (C=N–C) groups is 1. The molecule has 0 unspecified atom stereocenters. The molecule has 0 spiro atoms. The Kier molecular flexibility index (Phi) is 7.69. The Morgan fingerprint density at radius 3 is 2.66 bits per heavy atom. The quantitative estimate of drug-likeness (QED) is 0.570. The smallest absolute Gasteiger partial charge is 0.194 e. The highest BCUT2D eigenvalue weighted by Crippen LogP contribution is 2.14. The fourth-order valence-electron chi connectivity index (χ4n) is 3.29. The summed E-state index contributed by atoms with van der Waals surface area (Å²) in [5, 5.41) is 3.49. The van der Waals surface area contributed by atoms with Crippen molar-refractivity contribution in [3.8, 4) is 5.75 Å². The minimum absolute atomic E-state index is 0.687. The van der Waals surface area contributed by atoms with Gasteiger partial charge >= 0.3 is 0 Å². The molecule has 1 fully saturated rings. The van der Waals surface area contributed by atoms with Gasteiger partial charge < -0.3 is 24.8 Å². The summed E-state index contributed by atoms with van der Waals surface area (Å²) in [5.41, 5.74) is 1.18. The van der Waals surface area contributed by atoms with Crippen LogP contribution in [0, 0.1) is 0 Å². The largest absolute Gasteiger partial charge is 0.492 e. The van der Waals surface area contributed by atoms with Crippen LogP contribution in [0.3, 0.4) is 0 Å². The van der Waals surface area contributed by atoms with Crippen molar-refractivity contribution in [3.63, 3.8) is 0 Å². The maximum absolute atomic E-state index is 5.84. The number of ether oxygens (including phenoxy) is 1. The molecule has 0 atom stereocenters. The van der Waals surface area contributed by atoms with Crippen LogP contribution in [0.25, 0.3) is 0 Å². The number of likely N-dealkylation sites (N-methyl/N-ethyl adjacent to an activating group) is 1. The first-order valence-corrected chi connectivity index (χ1v) is 10.1. The van der Waals surface area contributed by atoms with Gasteiger partial charge in [0.05, 0.1) is 0 Å². The Morgan fingerprint density at radius 2 is 1.97 bits per heavy atom. The maximum atomic E-state index is 5.84. The van der Waals surface area contributed by atoms with E-state index in [-0.39, 0.29) is 0 Å². The molecule has 1 aliphatic heterocycles. The molecule has 7 nitrogen and oxygen atoms in total. The minimum Gasteiger partial charge on any atom is -0.492 e. The maximum Gasteiger partial charge on any atom is 0.194 e. The normalized spacial score (nSPS) is 15.0. The minimum atomic E-state index is 0.687. The van der Waals surface area contributed by atoms with Crippen LogP contribution in [0.1, 0.15) is 5.56 Å². The first-order valence-electron chi connectivity index (χ1n) is 10.1. The number of piperazine rings is 1. The van der Waals surface area contributed by atoms with E-state index in [2.05, 4.69) is 48.2 Å². The number of benzene rings is 1. The summed E-state index contributed by atoms with van der Waals surface area (Å²) in [5.74, 6) is 2.89. The second-order valence-corrected chi connectivity index (χ2v) is 7.36. The lowest BCUT2D eigenvalue weighted by atomic mass is 10.2. The van der Waals surface area contributed by atoms with Crippen molar-refractivity contribution < 1.29 is 4.74 Å². The number of pyridine rings is 1. The molecule has 29 heavy (non-hydrogen) atoms. The molecule has 156 valence electrons. The van der Waals surface area contributed by atoms with Gasteiger partial charge in [0, 0.05) is 52.5 Å². The highest BCUT2D eigenvalue weighted by atomic mass is 16.5. The Balaban J connectivity index is 1.48. The molecule has 7 heteroatoms. The molecule has 2 heterocycles. The molecule has 0 bridgehead atoms. The van der Waals surface area contributed by atoms with Crippen molar-refractivity contribution in [1.82, 2.24) is 20.1 Å². The Labute approximate surface area is 174 Å². The first kappa shape index (κ1) is 20.9. The van der Waals surface area contributed by atoms with Crippen LogP contribution in [0.15, 0.2) is 53.7 Å². The van der Waals surface area contributed by atoms with Crippen LogP contribution in [-0.4, -0.2) is 81.2 Å². The molecular weight excluding hydrogens is 364 g/mol. The zero-order chi connectivity index (χ0) is 20.5. The average molecular weight is 397 g/mol. The number of rotatable bonds is 7.